The average molecular weight is 685 g/mol. The lowest BCUT2D eigenvalue weighted by molar-refractivity contribution is -0.122. The van der Waals surface area contributed by atoms with Crippen LogP contribution in [0.25, 0.3) is 0 Å². The van der Waals surface area contributed by atoms with E-state index in [0.29, 0.717) is 26.8 Å². The standard InChI is InChI=1S/C36H36N4O6S2/c1-5-38(6-2)25-16-10-22(11-17-25)28-29-30(33(43)40(32(29)42)26-18-12-23(13-19-26)35(44)46-7-3)47-34-31(28)48-36(45)39(34)20-27(41)37-24-14-8-21(4)9-15-24/h8-19,28-30H,5-7,20H2,1-4H3,(H,37,41). The lowest BCUT2D eigenvalue weighted by Crippen LogP contribution is -2.33. The third-order valence-corrected chi connectivity index (χ3v) is 11.3. The van der Waals surface area contributed by atoms with E-state index in [-0.39, 0.29) is 29.8 Å². The van der Waals surface area contributed by atoms with Crippen molar-refractivity contribution < 1.29 is 23.9 Å². The molecule has 10 nitrogen and oxygen atoms in total. The van der Waals surface area contributed by atoms with Crippen LogP contribution in [0, 0.1) is 12.8 Å². The van der Waals surface area contributed by atoms with E-state index in [4.69, 9.17) is 4.74 Å². The van der Waals surface area contributed by atoms with Gasteiger partial charge in [0.25, 0.3) is 0 Å². The molecule has 1 N–H and O–H groups in total. The predicted molar refractivity (Wildman–Crippen MR) is 188 cm³/mol. The molecule has 3 amide bonds. The summed E-state index contributed by atoms with van der Waals surface area (Å²) in [6.07, 6.45) is 0. The molecule has 48 heavy (non-hydrogen) atoms. The van der Waals surface area contributed by atoms with Crippen LogP contribution >= 0.6 is 23.1 Å². The van der Waals surface area contributed by atoms with Crippen LogP contribution in [-0.4, -0.2) is 53.2 Å². The molecule has 3 heterocycles. The minimum absolute atomic E-state index is 0.227. The van der Waals surface area contributed by atoms with Gasteiger partial charge in [0.2, 0.25) is 17.7 Å². The topological polar surface area (TPSA) is 118 Å². The summed E-state index contributed by atoms with van der Waals surface area (Å²) >= 11 is 2.17. The number of amides is 3. The number of aryl methyl sites for hydroxylation is 1. The van der Waals surface area contributed by atoms with Gasteiger partial charge in [0, 0.05) is 35.3 Å². The van der Waals surface area contributed by atoms with E-state index >= 15 is 0 Å². The number of imide groups is 1. The number of hydrogen-bond acceptors (Lipinski definition) is 9. The maximum atomic E-state index is 14.3. The summed E-state index contributed by atoms with van der Waals surface area (Å²) in [7, 11) is 0. The zero-order valence-corrected chi connectivity index (χ0v) is 28.7. The van der Waals surface area contributed by atoms with E-state index in [0.717, 1.165) is 53.0 Å². The number of esters is 1. The molecule has 0 saturated carbocycles. The van der Waals surface area contributed by atoms with Gasteiger partial charge in [-0.15, -0.1) is 0 Å². The van der Waals surface area contributed by atoms with Crippen LogP contribution in [0.5, 0.6) is 0 Å². The number of aromatic nitrogens is 1. The van der Waals surface area contributed by atoms with Crippen molar-refractivity contribution in [2.75, 3.05) is 34.8 Å². The van der Waals surface area contributed by atoms with Crippen molar-refractivity contribution in [3.63, 3.8) is 0 Å². The SMILES string of the molecule is CCOC(=O)c1ccc(N2C(=O)C3Sc4c(sc(=O)n4CC(=O)Nc4ccc(C)cc4)C(c4ccc(N(CC)CC)cc4)C3C2=O)cc1. The molecule has 0 aliphatic carbocycles. The highest BCUT2D eigenvalue weighted by Crippen LogP contribution is 2.54. The van der Waals surface area contributed by atoms with Gasteiger partial charge in [-0.3, -0.25) is 23.7 Å². The van der Waals surface area contributed by atoms with Gasteiger partial charge in [-0.1, -0.05) is 52.9 Å². The molecule has 0 bridgehead atoms. The van der Waals surface area contributed by atoms with Crippen molar-refractivity contribution >= 4 is 63.9 Å². The summed E-state index contributed by atoms with van der Waals surface area (Å²) in [6, 6.07) is 21.5. The molecule has 0 spiro atoms. The van der Waals surface area contributed by atoms with Crippen LogP contribution in [0.3, 0.4) is 0 Å². The first-order valence-corrected chi connectivity index (χ1v) is 17.6. The Morgan fingerprint density at radius 2 is 1.54 bits per heavy atom. The van der Waals surface area contributed by atoms with Crippen molar-refractivity contribution in [1.82, 2.24) is 4.57 Å². The van der Waals surface area contributed by atoms with Crippen LogP contribution < -0.4 is 20.0 Å². The molecular formula is C36H36N4O6S2. The number of ether oxygens (including phenoxy) is 1. The Hall–Kier alpha value is -4.68. The molecule has 1 saturated heterocycles. The molecule has 2 aliphatic rings. The molecule has 3 atom stereocenters. The summed E-state index contributed by atoms with van der Waals surface area (Å²) in [4.78, 5) is 71.0. The van der Waals surface area contributed by atoms with E-state index in [1.54, 1.807) is 31.2 Å². The molecule has 3 aromatic carbocycles. The van der Waals surface area contributed by atoms with Gasteiger partial charge in [-0.05, 0) is 81.8 Å². The van der Waals surface area contributed by atoms with Gasteiger partial charge in [0.1, 0.15) is 11.8 Å². The van der Waals surface area contributed by atoms with Crippen LogP contribution in [0.4, 0.5) is 17.1 Å². The van der Waals surface area contributed by atoms with Crippen molar-refractivity contribution in [3.05, 3.63) is 104 Å². The molecule has 4 aromatic rings. The normalized spacial score (nSPS) is 18.3. The van der Waals surface area contributed by atoms with E-state index in [9.17, 15) is 24.0 Å². The second kappa shape index (κ2) is 13.8. The fraction of sp³-hybridized carbons (Fsp3) is 0.306. The smallest absolute Gasteiger partial charge is 0.338 e. The number of hydrogen-bond donors (Lipinski definition) is 1. The number of carbonyl (C=O) groups is 4. The second-order valence-electron chi connectivity index (χ2n) is 11.6. The summed E-state index contributed by atoms with van der Waals surface area (Å²) in [5, 5.41) is 2.54. The van der Waals surface area contributed by atoms with Crippen molar-refractivity contribution in [2.24, 2.45) is 5.92 Å². The molecule has 1 fully saturated rings. The summed E-state index contributed by atoms with van der Waals surface area (Å²) in [5.74, 6) is -3.03. The van der Waals surface area contributed by atoms with Gasteiger partial charge < -0.3 is 15.0 Å². The molecule has 6 rings (SSSR count). The summed E-state index contributed by atoms with van der Waals surface area (Å²) in [6.45, 7) is 9.48. The first-order valence-electron chi connectivity index (χ1n) is 15.9. The molecule has 1 aromatic heterocycles. The lowest BCUT2D eigenvalue weighted by Gasteiger charge is -2.31. The van der Waals surface area contributed by atoms with Crippen molar-refractivity contribution in [2.45, 2.75) is 50.4 Å². The fourth-order valence-corrected chi connectivity index (χ4v) is 9.07. The zero-order chi connectivity index (χ0) is 34.1. The molecule has 0 radical (unpaired) electrons. The monoisotopic (exact) mass is 684 g/mol. The van der Waals surface area contributed by atoms with Crippen LogP contribution in [0.1, 0.15) is 53.1 Å². The number of benzene rings is 3. The number of thiazole rings is 1. The number of fused-ring (bicyclic) bond motifs is 2. The third kappa shape index (κ3) is 6.17. The maximum Gasteiger partial charge on any atom is 0.338 e. The maximum absolute atomic E-state index is 14.3. The summed E-state index contributed by atoms with van der Waals surface area (Å²) < 4.78 is 6.49. The highest BCUT2D eigenvalue weighted by atomic mass is 32.2. The number of thioether (sulfide) groups is 1. The Morgan fingerprint density at radius 3 is 2.17 bits per heavy atom. The van der Waals surface area contributed by atoms with Gasteiger partial charge in [-0.25, -0.2) is 9.69 Å². The van der Waals surface area contributed by atoms with E-state index < -0.39 is 29.0 Å². The Balaban J connectivity index is 1.38. The zero-order valence-electron chi connectivity index (χ0n) is 27.1. The van der Waals surface area contributed by atoms with Crippen LogP contribution in [0.15, 0.2) is 82.6 Å². The van der Waals surface area contributed by atoms with Crippen LogP contribution in [0.2, 0.25) is 0 Å². The minimum Gasteiger partial charge on any atom is -0.462 e. The van der Waals surface area contributed by atoms with Gasteiger partial charge >= 0.3 is 10.8 Å². The Kier molecular flexibility index (Phi) is 9.56. The van der Waals surface area contributed by atoms with Crippen LogP contribution in [-0.2, 0) is 25.7 Å². The average Bonchev–Trinajstić information content (AvgIpc) is 3.53. The third-order valence-electron chi connectivity index (χ3n) is 8.70. The van der Waals surface area contributed by atoms with E-state index in [2.05, 4.69) is 24.1 Å². The van der Waals surface area contributed by atoms with E-state index in [1.165, 1.54) is 21.6 Å². The van der Waals surface area contributed by atoms with Gasteiger partial charge in [-0.2, -0.15) is 0 Å². The molecule has 2 aliphatic heterocycles. The second-order valence-corrected chi connectivity index (χ2v) is 13.7. The highest BCUT2D eigenvalue weighted by Gasteiger charge is 2.56. The van der Waals surface area contributed by atoms with Gasteiger partial charge in [0.15, 0.2) is 0 Å². The van der Waals surface area contributed by atoms with Gasteiger partial charge in [0.05, 0.1) is 28.8 Å². The number of nitrogens with one attached hydrogen (secondary N) is 1. The largest absolute Gasteiger partial charge is 0.462 e. The molecule has 248 valence electrons. The molecular weight excluding hydrogens is 649 g/mol. The number of nitrogens with zero attached hydrogens (tertiary/aromatic N) is 3. The van der Waals surface area contributed by atoms with Crippen molar-refractivity contribution in [1.29, 1.82) is 0 Å². The Morgan fingerprint density at radius 1 is 0.875 bits per heavy atom. The highest BCUT2D eigenvalue weighted by molar-refractivity contribution is 8.00. The van der Waals surface area contributed by atoms with Crippen molar-refractivity contribution in [3.8, 4) is 0 Å². The molecule has 12 heteroatoms. The Labute approximate surface area is 286 Å². The quantitative estimate of drug-likeness (QED) is 0.168. The number of carbonyl (C=O) groups excluding carboxylic acids is 4. The Bertz CT molecular complexity index is 1910. The number of rotatable bonds is 10. The lowest BCUT2D eigenvalue weighted by atomic mass is 9.83. The first kappa shape index (κ1) is 33.2. The fourth-order valence-electron chi connectivity index (χ4n) is 6.29. The number of anilines is 3. The minimum atomic E-state index is -0.831. The predicted octanol–water partition coefficient (Wildman–Crippen LogP) is 5.68. The molecule has 3 unspecified atom stereocenters. The van der Waals surface area contributed by atoms with E-state index in [1.807, 2.05) is 43.3 Å². The summed E-state index contributed by atoms with van der Waals surface area (Å²) in [5.41, 5.74) is 4.16. The first-order chi connectivity index (χ1) is 23.1.